The number of benzene rings is 2. The van der Waals surface area contributed by atoms with Crippen molar-refractivity contribution in [2.75, 3.05) is 11.9 Å². The highest BCUT2D eigenvalue weighted by molar-refractivity contribution is 8.18. The number of carbonyl (C=O) groups is 3. The molecule has 1 heterocycles. The molecule has 0 saturated carbocycles. The lowest BCUT2D eigenvalue weighted by Crippen LogP contribution is -2.36. The Kier molecular flexibility index (Phi) is 6.30. The van der Waals surface area contributed by atoms with Crippen molar-refractivity contribution in [3.63, 3.8) is 0 Å². The average Bonchev–Trinajstić information content (AvgIpc) is 2.93. The number of imide groups is 1. The molecule has 3 rings (SSSR count). The van der Waals surface area contributed by atoms with Crippen LogP contribution in [0, 0.1) is 10.1 Å². The van der Waals surface area contributed by atoms with Crippen LogP contribution in [0.3, 0.4) is 0 Å². The molecule has 154 valence electrons. The van der Waals surface area contributed by atoms with Crippen LogP contribution in [-0.4, -0.2) is 38.5 Å². The first-order chi connectivity index (χ1) is 14.2. The molecule has 0 aromatic heterocycles. The van der Waals surface area contributed by atoms with Crippen LogP contribution in [0.25, 0.3) is 6.08 Å². The highest BCUT2D eigenvalue weighted by Crippen LogP contribution is 2.35. The van der Waals surface area contributed by atoms with Crippen molar-refractivity contribution in [1.82, 2.24) is 4.90 Å². The van der Waals surface area contributed by atoms with E-state index in [1.54, 1.807) is 18.2 Å². The summed E-state index contributed by atoms with van der Waals surface area (Å²) in [5.41, 5.74) is -0.217. The summed E-state index contributed by atoms with van der Waals surface area (Å²) in [4.78, 5) is 47.9. The first kappa shape index (κ1) is 21.6. The van der Waals surface area contributed by atoms with E-state index in [0.29, 0.717) is 22.2 Å². The van der Waals surface area contributed by atoms with Gasteiger partial charge in [0.15, 0.2) is 0 Å². The molecule has 0 bridgehead atoms. The van der Waals surface area contributed by atoms with Crippen LogP contribution in [-0.2, 0) is 9.59 Å². The van der Waals surface area contributed by atoms with Gasteiger partial charge in [0.1, 0.15) is 12.3 Å². The molecule has 0 unspecified atom stereocenters. The standard InChI is InChI=1S/C18H11Cl2N3O6S/c19-11-2-1-3-12(20)10(11)7-15-17(26)22(18(27)30-15)8-16(25)21-13-6-9(23(28)29)4-5-14(13)24/h1-7,24H,8H2,(H,21,25). The molecule has 1 aliphatic heterocycles. The number of hydrogen-bond acceptors (Lipinski definition) is 7. The number of amides is 3. The topological polar surface area (TPSA) is 130 Å². The molecular formula is C18H11Cl2N3O6S. The predicted molar refractivity (Wildman–Crippen MR) is 113 cm³/mol. The molecule has 1 aliphatic rings. The van der Waals surface area contributed by atoms with Crippen LogP contribution in [0.4, 0.5) is 16.2 Å². The molecule has 1 saturated heterocycles. The molecule has 0 aliphatic carbocycles. The average molecular weight is 468 g/mol. The van der Waals surface area contributed by atoms with Crippen molar-refractivity contribution in [1.29, 1.82) is 0 Å². The summed E-state index contributed by atoms with van der Waals surface area (Å²) >= 11 is 12.8. The largest absolute Gasteiger partial charge is 0.506 e. The minimum absolute atomic E-state index is 0.0287. The molecule has 1 fully saturated rings. The monoisotopic (exact) mass is 467 g/mol. The van der Waals surface area contributed by atoms with E-state index in [9.17, 15) is 29.6 Å². The van der Waals surface area contributed by atoms with Crippen LogP contribution in [0.15, 0.2) is 41.3 Å². The van der Waals surface area contributed by atoms with Crippen LogP contribution in [0.1, 0.15) is 5.56 Å². The first-order valence-electron chi connectivity index (χ1n) is 8.14. The van der Waals surface area contributed by atoms with Crippen LogP contribution in [0.2, 0.25) is 10.0 Å². The van der Waals surface area contributed by atoms with Crippen LogP contribution < -0.4 is 5.32 Å². The van der Waals surface area contributed by atoms with Gasteiger partial charge in [0.2, 0.25) is 5.91 Å². The Morgan fingerprint density at radius 3 is 2.53 bits per heavy atom. The molecular weight excluding hydrogens is 457 g/mol. The number of halogens is 2. The van der Waals surface area contributed by atoms with Crippen LogP contribution >= 0.6 is 35.0 Å². The third-order valence-electron chi connectivity index (χ3n) is 3.92. The van der Waals surface area contributed by atoms with Crippen molar-refractivity contribution in [3.8, 4) is 5.75 Å². The number of nitrogens with one attached hydrogen (secondary N) is 1. The molecule has 3 amide bonds. The molecule has 2 aromatic rings. The number of hydrogen-bond donors (Lipinski definition) is 2. The Balaban J connectivity index is 1.76. The SMILES string of the molecule is O=C(CN1C(=O)SC(=Cc2c(Cl)cccc2Cl)C1=O)Nc1cc([N+](=O)[O-])ccc1O. The number of non-ortho nitro benzene ring substituents is 1. The van der Waals surface area contributed by atoms with Crippen molar-refractivity contribution in [3.05, 3.63) is 67.0 Å². The number of anilines is 1. The zero-order valence-corrected chi connectivity index (χ0v) is 17.1. The summed E-state index contributed by atoms with van der Waals surface area (Å²) in [5.74, 6) is -1.96. The molecule has 0 radical (unpaired) electrons. The van der Waals surface area contributed by atoms with Gasteiger partial charge in [0.25, 0.3) is 16.8 Å². The second kappa shape index (κ2) is 8.74. The lowest BCUT2D eigenvalue weighted by Gasteiger charge is -2.13. The first-order valence-corrected chi connectivity index (χ1v) is 9.71. The van der Waals surface area contributed by atoms with Gasteiger partial charge >= 0.3 is 0 Å². The maximum absolute atomic E-state index is 12.6. The van der Waals surface area contributed by atoms with E-state index in [2.05, 4.69) is 5.32 Å². The fourth-order valence-electron chi connectivity index (χ4n) is 2.49. The number of nitrogens with zero attached hydrogens (tertiary/aromatic N) is 2. The van der Waals surface area contributed by atoms with Gasteiger partial charge in [-0.2, -0.15) is 0 Å². The zero-order chi connectivity index (χ0) is 22.0. The predicted octanol–water partition coefficient (Wildman–Crippen LogP) is 4.28. The molecule has 12 heteroatoms. The summed E-state index contributed by atoms with van der Waals surface area (Å²) < 4.78 is 0. The van der Waals surface area contributed by atoms with Gasteiger partial charge < -0.3 is 10.4 Å². The number of nitro groups is 1. The van der Waals surface area contributed by atoms with Crippen molar-refractivity contribution in [2.24, 2.45) is 0 Å². The number of carbonyl (C=O) groups excluding carboxylic acids is 3. The van der Waals surface area contributed by atoms with Gasteiger partial charge in [-0.25, -0.2) is 0 Å². The number of phenolic OH excluding ortho intramolecular Hbond substituents is 1. The van der Waals surface area contributed by atoms with E-state index in [4.69, 9.17) is 23.2 Å². The van der Waals surface area contributed by atoms with Gasteiger partial charge in [-0.05, 0) is 36.0 Å². The Morgan fingerprint density at radius 1 is 1.23 bits per heavy atom. The molecule has 9 nitrogen and oxygen atoms in total. The Bertz CT molecular complexity index is 1100. The maximum Gasteiger partial charge on any atom is 0.294 e. The van der Waals surface area contributed by atoms with Gasteiger partial charge in [-0.15, -0.1) is 0 Å². The smallest absolute Gasteiger partial charge is 0.294 e. The van der Waals surface area contributed by atoms with Gasteiger partial charge in [0, 0.05) is 27.7 Å². The Hall–Kier alpha value is -3.08. The third-order valence-corrected chi connectivity index (χ3v) is 5.48. The minimum atomic E-state index is -0.829. The van der Waals surface area contributed by atoms with Gasteiger partial charge in [0.05, 0.1) is 15.5 Å². The van der Waals surface area contributed by atoms with E-state index in [-0.39, 0.29) is 26.3 Å². The van der Waals surface area contributed by atoms with Gasteiger partial charge in [-0.3, -0.25) is 29.4 Å². The normalized spacial score (nSPS) is 15.0. The summed E-state index contributed by atoms with van der Waals surface area (Å²) in [6.07, 6.45) is 1.36. The summed E-state index contributed by atoms with van der Waals surface area (Å²) in [5, 5.41) is 22.7. The summed E-state index contributed by atoms with van der Waals surface area (Å²) in [6.45, 7) is -0.652. The zero-order valence-electron chi connectivity index (χ0n) is 14.8. The number of rotatable bonds is 5. The molecule has 2 N–H and O–H groups in total. The Morgan fingerprint density at radius 2 is 1.90 bits per heavy atom. The van der Waals surface area contributed by atoms with Crippen molar-refractivity contribution < 1.29 is 24.4 Å². The number of thioether (sulfide) groups is 1. The Labute approximate surface area is 183 Å². The maximum atomic E-state index is 12.6. The summed E-state index contributed by atoms with van der Waals surface area (Å²) in [7, 11) is 0. The van der Waals surface area contributed by atoms with Crippen molar-refractivity contribution >= 4 is 69.5 Å². The number of aromatic hydroxyl groups is 1. The van der Waals surface area contributed by atoms with E-state index in [1.165, 1.54) is 6.08 Å². The third kappa shape index (κ3) is 4.56. The number of nitro benzene ring substituents is 1. The van der Waals surface area contributed by atoms with Gasteiger partial charge in [-0.1, -0.05) is 29.3 Å². The van der Waals surface area contributed by atoms with E-state index in [0.717, 1.165) is 18.2 Å². The molecule has 30 heavy (non-hydrogen) atoms. The highest BCUT2D eigenvalue weighted by atomic mass is 35.5. The van der Waals surface area contributed by atoms with Crippen molar-refractivity contribution in [2.45, 2.75) is 0 Å². The molecule has 0 spiro atoms. The second-order valence-electron chi connectivity index (χ2n) is 5.91. The highest BCUT2D eigenvalue weighted by Gasteiger charge is 2.36. The van der Waals surface area contributed by atoms with Crippen LogP contribution in [0.5, 0.6) is 5.75 Å². The fraction of sp³-hybridized carbons (Fsp3) is 0.0556. The lowest BCUT2D eigenvalue weighted by molar-refractivity contribution is -0.384. The van der Waals surface area contributed by atoms with E-state index < -0.39 is 34.3 Å². The fourth-order valence-corrected chi connectivity index (χ4v) is 3.81. The number of phenols is 1. The quantitative estimate of drug-likeness (QED) is 0.290. The lowest BCUT2D eigenvalue weighted by atomic mass is 10.2. The summed E-state index contributed by atoms with van der Waals surface area (Å²) in [6, 6.07) is 7.84. The molecule has 0 atom stereocenters. The van der Waals surface area contributed by atoms with E-state index in [1.807, 2.05) is 0 Å². The van der Waals surface area contributed by atoms with E-state index >= 15 is 0 Å². The minimum Gasteiger partial charge on any atom is -0.506 e. The molecule has 2 aromatic carbocycles. The second-order valence-corrected chi connectivity index (χ2v) is 7.72.